The summed E-state index contributed by atoms with van der Waals surface area (Å²) in [5, 5.41) is 1.01. The number of fused-ring (bicyclic) bond motifs is 1. The number of nitrogens with zero attached hydrogens (tertiary/aromatic N) is 3. The van der Waals surface area contributed by atoms with E-state index in [2.05, 4.69) is 15.0 Å². The lowest BCUT2D eigenvalue weighted by atomic mass is 10.2. The largest absolute Gasteiger partial charge is 0.319 e. The third-order valence-electron chi connectivity index (χ3n) is 2.62. The molecule has 0 saturated heterocycles. The zero-order valence-corrected chi connectivity index (χ0v) is 7.64. The van der Waals surface area contributed by atoms with Gasteiger partial charge in [0.05, 0.1) is 17.3 Å². The van der Waals surface area contributed by atoms with Gasteiger partial charge in [-0.05, 0) is 18.9 Å². The molecular formula is C10H10N4. The van der Waals surface area contributed by atoms with Crippen LogP contribution in [0, 0.1) is 0 Å². The van der Waals surface area contributed by atoms with Gasteiger partial charge in [-0.2, -0.15) is 0 Å². The summed E-state index contributed by atoms with van der Waals surface area (Å²) in [5.74, 6) is 0.748. The molecule has 0 aliphatic heterocycles. The highest BCUT2D eigenvalue weighted by Gasteiger charge is 2.43. The summed E-state index contributed by atoms with van der Waals surface area (Å²) in [6.07, 6.45) is 7.26. The standard InChI is InChI=1S/C10H10N4/c11-10(2-3-10)9-13-5-7-1-4-12-6-8(7)14-9/h1,4-6H,2-3,11H2. The average Bonchev–Trinajstić information content (AvgIpc) is 2.97. The van der Waals surface area contributed by atoms with Crippen LogP contribution in [-0.2, 0) is 5.54 Å². The average molecular weight is 186 g/mol. The molecule has 2 N–H and O–H groups in total. The lowest BCUT2D eigenvalue weighted by Crippen LogP contribution is -2.21. The first-order valence-electron chi connectivity index (χ1n) is 4.64. The van der Waals surface area contributed by atoms with Crippen molar-refractivity contribution in [2.75, 3.05) is 0 Å². The van der Waals surface area contributed by atoms with Crippen LogP contribution in [0.15, 0.2) is 24.7 Å². The van der Waals surface area contributed by atoms with E-state index in [9.17, 15) is 0 Å². The third-order valence-corrected chi connectivity index (χ3v) is 2.62. The highest BCUT2D eigenvalue weighted by atomic mass is 15.0. The number of aromatic nitrogens is 3. The van der Waals surface area contributed by atoms with Gasteiger partial charge in [-0.1, -0.05) is 0 Å². The molecule has 2 heterocycles. The second kappa shape index (κ2) is 2.48. The second-order valence-corrected chi connectivity index (χ2v) is 3.78. The predicted molar refractivity (Wildman–Crippen MR) is 52.4 cm³/mol. The number of rotatable bonds is 1. The van der Waals surface area contributed by atoms with E-state index in [4.69, 9.17) is 5.73 Å². The van der Waals surface area contributed by atoms with E-state index in [0.29, 0.717) is 0 Å². The molecule has 0 aromatic carbocycles. The molecule has 2 aromatic rings. The van der Waals surface area contributed by atoms with Crippen LogP contribution in [0.2, 0.25) is 0 Å². The Morgan fingerprint density at radius 2 is 2.14 bits per heavy atom. The lowest BCUT2D eigenvalue weighted by molar-refractivity contribution is 0.677. The predicted octanol–water partition coefficient (Wildman–Crippen LogP) is 0.973. The Morgan fingerprint density at radius 3 is 2.93 bits per heavy atom. The zero-order valence-electron chi connectivity index (χ0n) is 7.64. The Kier molecular flexibility index (Phi) is 1.39. The minimum Gasteiger partial charge on any atom is -0.319 e. The molecular weight excluding hydrogens is 176 g/mol. The maximum atomic E-state index is 6.01. The lowest BCUT2D eigenvalue weighted by Gasteiger charge is -2.06. The van der Waals surface area contributed by atoms with Crippen molar-refractivity contribution >= 4 is 10.9 Å². The first-order chi connectivity index (χ1) is 6.78. The number of hydrogen-bond acceptors (Lipinski definition) is 4. The maximum absolute atomic E-state index is 6.01. The topological polar surface area (TPSA) is 64.7 Å². The maximum Gasteiger partial charge on any atom is 0.148 e. The molecule has 0 bridgehead atoms. The Morgan fingerprint density at radius 1 is 1.29 bits per heavy atom. The zero-order chi connectivity index (χ0) is 9.60. The summed E-state index contributed by atoms with van der Waals surface area (Å²) in [6.45, 7) is 0. The van der Waals surface area contributed by atoms with Gasteiger partial charge in [-0.25, -0.2) is 9.97 Å². The van der Waals surface area contributed by atoms with Crippen molar-refractivity contribution in [2.24, 2.45) is 5.73 Å². The van der Waals surface area contributed by atoms with Gasteiger partial charge in [0.1, 0.15) is 5.82 Å². The summed E-state index contributed by atoms with van der Waals surface area (Å²) in [5.41, 5.74) is 6.62. The van der Waals surface area contributed by atoms with E-state index >= 15 is 0 Å². The fourth-order valence-electron chi connectivity index (χ4n) is 1.47. The van der Waals surface area contributed by atoms with Crippen LogP contribution < -0.4 is 5.73 Å². The van der Waals surface area contributed by atoms with Gasteiger partial charge in [0.2, 0.25) is 0 Å². The molecule has 0 amide bonds. The summed E-state index contributed by atoms with van der Waals surface area (Å²) in [4.78, 5) is 12.7. The molecule has 3 rings (SSSR count). The second-order valence-electron chi connectivity index (χ2n) is 3.78. The van der Waals surface area contributed by atoms with E-state index in [1.165, 1.54) is 0 Å². The van der Waals surface area contributed by atoms with Crippen molar-refractivity contribution in [3.63, 3.8) is 0 Å². The van der Waals surface area contributed by atoms with Gasteiger partial charge in [-0.15, -0.1) is 0 Å². The van der Waals surface area contributed by atoms with Gasteiger partial charge in [0, 0.05) is 17.8 Å². The monoisotopic (exact) mass is 186 g/mol. The van der Waals surface area contributed by atoms with Crippen molar-refractivity contribution in [3.05, 3.63) is 30.5 Å². The van der Waals surface area contributed by atoms with Gasteiger partial charge < -0.3 is 5.73 Å². The third kappa shape index (κ3) is 1.08. The summed E-state index contributed by atoms with van der Waals surface area (Å²) in [7, 11) is 0. The van der Waals surface area contributed by atoms with Crippen LogP contribution in [0.5, 0.6) is 0 Å². The fourth-order valence-corrected chi connectivity index (χ4v) is 1.47. The molecule has 0 radical (unpaired) electrons. The Hall–Kier alpha value is -1.55. The molecule has 4 heteroatoms. The van der Waals surface area contributed by atoms with Crippen LogP contribution >= 0.6 is 0 Å². The Labute approximate surface area is 81.2 Å². The van der Waals surface area contributed by atoms with E-state index < -0.39 is 0 Å². The van der Waals surface area contributed by atoms with Crippen LogP contribution in [0.25, 0.3) is 10.9 Å². The quantitative estimate of drug-likeness (QED) is 0.720. The molecule has 0 atom stereocenters. The van der Waals surface area contributed by atoms with Crippen molar-refractivity contribution in [3.8, 4) is 0 Å². The molecule has 0 spiro atoms. The molecule has 4 nitrogen and oxygen atoms in total. The molecule has 2 aromatic heterocycles. The number of nitrogens with two attached hydrogens (primary N) is 1. The first-order valence-corrected chi connectivity index (χ1v) is 4.64. The van der Waals surface area contributed by atoms with Gasteiger partial charge >= 0.3 is 0 Å². The highest BCUT2D eigenvalue weighted by Crippen LogP contribution is 2.40. The molecule has 1 saturated carbocycles. The normalized spacial score (nSPS) is 18.4. The molecule has 1 aliphatic rings. The van der Waals surface area contributed by atoms with Crippen molar-refractivity contribution in [1.82, 2.24) is 15.0 Å². The minimum atomic E-state index is -0.260. The van der Waals surface area contributed by atoms with Crippen molar-refractivity contribution in [1.29, 1.82) is 0 Å². The SMILES string of the molecule is NC1(c2ncc3ccncc3n2)CC1. The highest BCUT2D eigenvalue weighted by molar-refractivity contribution is 5.76. The molecule has 1 fully saturated rings. The van der Waals surface area contributed by atoms with Gasteiger partial charge in [0.15, 0.2) is 0 Å². The fraction of sp³-hybridized carbons (Fsp3) is 0.300. The van der Waals surface area contributed by atoms with Gasteiger partial charge in [0.25, 0.3) is 0 Å². The smallest absolute Gasteiger partial charge is 0.148 e. The van der Waals surface area contributed by atoms with Crippen molar-refractivity contribution < 1.29 is 0 Å². The summed E-state index contributed by atoms with van der Waals surface area (Å²) < 4.78 is 0. The Bertz CT molecular complexity index is 490. The Balaban J connectivity index is 2.20. The van der Waals surface area contributed by atoms with Crippen LogP contribution in [0.3, 0.4) is 0 Å². The number of hydrogen-bond donors (Lipinski definition) is 1. The van der Waals surface area contributed by atoms with E-state index in [1.54, 1.807) is 12.4 Å². The van der Waals surface area contributed by atoms with Crippen LogP contribution in [0.4, 0.5) is 0 Å². The molecule has 0 unspecified atom stereocenters. The number of pyridine rings is 1. The minimum absolute atomic E-state index is 0.260. The molecule has 70 valence electrons. The van der Waals surface area contributed by atoms with E-state index in [1.807, 2.05) is 12.3 Å². The first kappa shape index (κ1) is 7.82. The van der Waals surface area contributed by atoms with Crippen LogP contribution in [0.1, 0.15) is 18.7 Å². The molecule has 1 aliphatic carbocycles. The van der Waals surface area contributed by atoms with Crippen LogP contribution in [-0.4, -0.2) is 15.0 Å². The van der Waals surface area contributed by atoms with E-state index in [0.717, 1.165) is 29.6 Å². The molecule has 14 heavy (non-hydrogen) atoms. The van der Waals surface area contributed by atoms with Gasteiger partial charge in [-0.3, -0.25) is 4.98 Å². The summed E-state index contributed by atoms with van der Waals surface area (Å²) in [6, 6.07) is 1.90. The van der Waals surface area contributed by atoms with Crippen molar-refractivity contribution in [2.45, 2.75) is 18.4 Å². The summed E-state index contributed by atoms with van der Waals surface area (Å²) >= 11 is 0. The van der Waals surface area contributed by atoms with E-state index in [-0.39, 0.29) is 5.54 Å².